The Kier molecular flexibility index (Phi) is 19.7. The number of nitrogens with one attached hydrogen (secondary N) is 1. The van der Waals surface area contributed by atoms with Crippen LogP contribution in [-0.2, 0) is 36.8 Å². The maximum absolute atomic E-state index is 14.1. The van der Waals surface area contributed by atoms with Crippen molar-refractivity contribution >= 4 is 22.9 Å². The number of carbonyl (C=O) groups is 1. The first kappa shape index (κ1) is 66.2. The van der Waals surface area contributed by atoms with E-state index in [4.69, 9.17) is 19.4 Å². The van der Waals surface area contributed by atoms with Crippen molar-refractivity contribution in [3.8, 4) is 100 Å². The van der Waals surface area contributed by atoms with Gasteiger partial charge < -0.3 is 24.8 Å². The Hall–Kier alpha value is -10.4. The number of aliphatic hydroxyl groups is 1. The lowest BCUT2D eigenvalue weighted by Crippen LogP contribution is -2.29. The average molecular weight is 1340 g/mol. The number of anilines is 1. The summed E-state index contributed by atoms with van der Waals surface area (Å²) in [7, 11) is 5.62. The van der Waals surface area contributed by atoms with Gasteiger partial charge in [0.05, 0.1) is 88.8 Å². The summed E-state index contributed by atoms with van der Waals surface area (Å²) in [5.41, 5.74) is 14.9. The van der Waals surface area contributed by atoms with Gasteiger partial charge in [-0.3, -0.25) is 43.2 Å². The van der Waals surface area contributed by atoms with Crippen molar-refractivity contribution in [2.75, 3.05) is 44.8 Å². The van der Waals surface area contributed by atoms with E-state index < -0.39 is 17.8 Å². The van der Waals surface area contributed by atoms with Gasteiger partial charge in [0.25, 0.3) is 5.91 Å². The number of benzene rings is 2. The Morgan fingerprint density at radius 2 is 1.06 bits per heavy atom. The largest absolute Gasteiger partial charge is 0.417 e. The summed E-state index contributed by atoms with van der Waals surface area (Å²) in [5.74, 6) is -0.204. The molecule has 502 valence electrons. The number of β-amino-alcohol motifs (C(OH)–C–C–N with tert-alkyl or cyclic N) is 1. The van der Waals surface area contributed by atoms with Gasteiger partial charge in [-0.1, -0.05) is 53.8 Å². The van der Waals surface area contributed by atoms with Crippen molar-refractivity contribution in [2.24, 2.45) is 21.1 Å². The van der Waals surface area contributed by atoms with Crippen LogP contribution in [-0.4, -0.2) is 147 Å². The minimum Gasteiger partial charge on any atom is -0.391 e. The van der Waals surface area contributed by atoms with Crippen LogP contribution in [0, 0.1) is 6.92 Å². The number of carbonyl (C=O) groups excluding carboxylic acids is 1. The topological polar surface area (TPSA) is 237 Å². The van der Waals surface area contributed by atoms with Crippen molar-refractivity contribution in [1.29, 1.82) is 0 Å². The summed E-state index contributed by atoms with van der Waals surface area (Å²) in [5, 5.41) is 44.1. The van der Waals surface area contributed by atoms with E-state index >= 15 is 0 Å². The molecule has 3 saturated heterocycles. The van der Waals surface area contributed by atoms with Crippen LogP contribution in [0.15, 0.2) is 165 Å². The third-order valence-electron chi connectivity index (χ3n) is 17.3. The summed E-state index contributed by atoms with van der Waals surface area (Å²) in [6.45, 7) is 9.98. The van der Waals surface area contributed by atoms with E-state index in [9.17, 15) is 23.1 Å². The third-order valence-corrected chi connectivity index (χ3v) is 18.3. The normalized spacial score (nSPS) is 15.3. The van der Waals surface area contributed by atoms with Crippen LogP contribution in [0.3, 0.4) is 0 Å². The number of aryl methyl sites for hydroxylation is 4. The molecular formula is C72H73F3N18O4S. The van der Waals surface area contributed by atoms with Crippen LogP contribution in [0.2, 0.25) is 0 Å². The predicted molar refractivity (Wildman–Crippen MR) is 368 cm³/mol. The molecule has 2 aromatic carbocycles. The second-order valence-corrected chi connectivity index (χ2v) is 25.9. The molecule has 3 fully saturated rings. The molecule has 0 spiro atoms. The van der Waals surface area contributed by atoms with Crippen LogP contribution >= 0.6 is 11.3 Å². The molecule has 3 aliphatic heterocycles. The van der Waals surface area contributed by atoms with Gasteiger partial charge in [-0.25, -0.2) is 4.98 Å². The molecule has 10 aromatic heterocycles. The maximum Gasteiger partial charge on any atom is 0.417 e. The quantitative estimate of drug-likeness (QED) is 0.103. The van der Waals surface area contributed by atoms with E-state index in [-0.39, 0.29) is 29.2 Å². The molecule has 3 aliphatic rings. The summed E-state index contributed by atoms with van der Waals surface area (Å²) in [4.78, 5) is 33.0. The summed E-state index contributed by atoms with van der Waals surface area (Å²) >= 11 is 1.23. The monoisotopic (exact) mass is 1340 g/mol. The molecule has 0 bridgehead atoms. The van der Waals surface area contributed by atoms with E-state index in [0.717, 1.165) is 123 Å². The lowest BCUT2D eigenvalue weighted by atomic mass is 9.99. The standard InChI is InChI=1S/C24H22F3N5O.C24H26N8O2S.C24H25N5O/c1-31-14-18(11-29-31)16-3-2-4-17(9-16)23-10-22(24(25,26)27)21(13-28-23)19-12-30-32(15-19)20-5-7-33-8-6-20;1-14(2)27-20-9-21(19-6-4-5-18(28-19)15-10-26-31(3)12-15)25-11-17(20)22-29-30-23(35-22)24(34)32-8-7-16(33)13-32;1-17-10-24(19-5-3-4-18(11-19)20-12-26-28(2)15-20)25-14-23(17)21-13-27-29(16-21)22-6-8-30-9-7-22/h2-4,9-15,20H,5-8H2,1H3;4-6,9-12,14,16,33H,7-8,13H2,1-3H3,(H,25,27);3-5,10-16,22H,6-9H2,1-2H3/t;16-;/m.0./s1. The SMILES string of the molecule is CC(C)Nc1cc(-c2cccc(-c3cnn(C)c3)n2)ncc1-c1nnc(C(=O)N2CC[C@H](O)C2)s1.Cc1cc(-c2cccc(-c3cnn(C)c3)c2)ncc1-c1cnn(C2CCOCC2)c1.Cn1cc(-c2cccc(-c3cc(C(F)(F)F)c(-c4cnn(C5CCOCC5)c4)cn3)c2)cn1. The molecule has 22 nitrogen and oxygen atoms in total. The molecule has 15 rings (SSSR count). The molecule has 98 heavy (non-hydrogen) atoms. The molecule has 0 aliphatic carbocycles. The smallest absolute Gasteiger partial charge is 0.391 e. The highest BCUT2D eigenvalue weighted by atomic mass is 32.1. The Bertz CT molecular complexity index is 4750. The second kappa shape index (κ2) is 29.1. The number of ether oxygens (including phenoxy) is 2. The molecule has 12 aromatic rings. The van der Waals surface area contributed by atoms with E-state index in [1.54, 1.807) is 55.9 Å². The molecule has 0 saturated carbocycles. The Labute approximate surface area is 567 Å². The Balaban J connectivity index is 0.000000133. The summed E-state index contributed by atoms with van der Waals surface area (Å²) < 4.78 is 62.1. The summed E-state index contributed by atoms with van der Waals surface area (Å²) in [6, 6.07) is 27.5. The van der Waals surface area contributed by atoms with Gasteiger partial charge >= 0.3 is 6.18 Å². The zero-order chi connectivity index (χ0) is 68.0. The van der Waals surface area contributed by atoms with Gasteiger partial charge in [-0.15, -0.1) is 10.2 Å². The first-order valence-electron chi connectivity index (χ1n) is 32.4. The van der Waals surface area contributed by atoms with Gasteiger partial charge in [0.15, 0.2) is 5.01 Å². The van der Waals surface area contributed by atoms with Gasteiger partial charge in [0.1, 0.15) is 0 Å². The fourth-order valence-electron chi connectivity index (χ4n) is 12.2. The molecule has 26 heteroatoms. The van der Waals surface area contributed by atoms with E-state index in [0.29, 0.717) is 59.9 Å². The number of likely N-dealkylation sites (tertiary alicyclic amines) is 1. The zero-order valence-electron chi connectivity index (χ0n) is 55.0. The molecule has 0 radical (unpaired) electrons. The van der Waals surface area contributed by atoms with E-state index in [2.05, 4.69) is 113 Å². The van der Waals surface area contributed by atoms with Crippen LogP contribution in [0.5, 0.6) is 0 Å². The van der Waals surface area contributed by atoms with Gasteiger partial charge in [0, 0.05) is 172 Å². The third kappa shape index (κ3) is 15.4. The van der Waals surface area contributed by atoms with Crippen LogP contribution in [0.4, 0.5) is 18.9 Å². The number of aromatic nitrogens is 16. The highest BCUT2D eigenvalue weighted by Gasteiger charge is 2.35. The average Bonchev–Trinajstić information content (AvgIpc) is 1.67. The van der Waals surface area contributed by atoms with Crippen molar-refractivity contribution in [3.63, 3.8) is 0 Å². The van der Waals surface area contributed by atoms with Crippen LogP contribution < -0.4 is 5.32 Å². The highest BCUT2D eigenvalue weighted by Crippen LogP contribution is 2.41. The van der Waals surface area contributed by atoms with Crippen LogP contribution in [0.25, 0.3) is 100 Å². The first-order valence-corrected chi connectivity index (χ1v) is 33.3. The molecule has 2 N–H and O–H groups in total. The number of rotatable bonds is 14. The number of nitrogens with zero attached hydrogens (tertiary/aromatic N) is 17. The van der Waals surface area contributed by atoms with Crippen molar-refractivity contribution in [1.82, 2.24) is 83.9 Å². The number of amides is 1. The minimum absolute atomic E-state index is 0.0213. The van der Waals surface area contributed by atoms with Crippen molar-refractivity contribution in [2.45, 2.75) is 83.3 Å². The summed E-state index contributed by atoms with van der Waals surface area (Å²) in [6.07, 6.45) is 22.6. The Morgan fingerprint density at radius 3 is 1.60 bits per heavy atom. The fourth-order valence-corrected chi connectivity index (χ4v) is 13.0. The van der Waals surface area contributed by atoms with Gasteiger partial charge in [-0.2, -0.15) is 38.7 Å². The van der Waals surface area contributed by atoms with Crippen LogP contribution in [0.1, 0.15) is 79.0 Å². The number of pyridine rings is 4. The molecule has 13 heterocycles. The zero-order valence-corrected chi connectivity index (χ0v) is 55.8. The molecule has 0 unspecified atom stereocenters. The van der Waals surface area contributed by atoms with E-state index in [1.165, 1.54) is 29.3 Å². The molecule has 1 amide bonds. The highest BCUT2D eigenvalue weighted by molar-refractivity contribution is 7.16. The number of aliphatic hydroxyl groups excluding tert-OH is 1. The number of halogens is 3. The predicted octanol–water partition coefficient (Wildman–Crippen LogP) is 13.1. The van der Waals surface area contributed by atoms with Crippen molar-refractivity contribution < 1.29 is 32.5 Å². The Morgan fingerprint density at radius 1 is 0.551 bits per heavy atom. The number of hydrogen-bond donors (Lipinski definition) is 2. The molecular weight excluding hydrogens is 1270 g/mol. The lowest BCUT2D eigenvalue weighted by Gasteiger charge is -2.22. The number of alkyl halides is 3. The second-order valence-electron chi connectivity index (χ2n) is 24.9. The first-order chi connectivity index (χ1) is 47.4. The van der Waals surface area contributed by atoms with Gasteiger partial charge in [-0.05, 0) is 112 Å². The minimum atomic E-state index is -4.53. The fraction of sp³-hybridized carbons (Fsp3) is 0.306. The van der Waals surface area contributed by atoms with Gasteiger partial charge in [0.2, 0.25) is 5.01 Å². The van der Waals surface area contributed by atoms with Crippen molar-refractivity contribution in [3.05, 3.63) is 182 Å². The molecule has 1 atom stereocenters. The maximum atomic E-state index is 14.1. The van der Waals surface area contributed by atoms with E-state index in [1.807, 2.05) is 99.4 Å². The number of hydrogen-bond acceptors (Lipinski definition) is 17. The lowest BCUT2D eigenvalue weighted by molar-refractivity contribution is -0.137.